The minimum atomic E-state index is -0.251. The minimum Gasteiger partial charge on any atom is -0.484 e. The largest absolute Gasteiger partial charge is 0.484 e. The standard InChI is InChI=1S/C12H20N2O2/c1-11(2)6-10(12(3,4)16-11)15-9-7-13-14(5)8-9/h7-8,10H,6H2,1-5H3. The maximum Gasteiger partial charge on any atom is 0.157 e. The van der Waals surface area contributed by atoms with Crippen LogP contribution in [-0.2, 0) is 11.8 Å². The molecular weight excluding hydrogens is 204 g/mol. The molecule has 1 atom stereocenters. The fourth-order valence-electron chi connectivity index (χ4n) is 2.32. The van der Waals surface area contributed by atoms with E-state index in [0.29, 0.717) is 0 Å². The van der Waals surface area contributed by atoms with Gasteiger partial charge in [0.2, 0.25) is 0 Å². The third-order valence-corrected chi connectivity index (χ3v) is 2.95. The Bertz CT molecular complexity index is 382. The highest BCUT2D eigenvalue weighted by Gasteiger charge is 2.47. The summed E-state index contributed by atoms with van der Waals surface area (Å²) in [6.45, 7) is 8.34. The van der Waals surface area contributed by atoms with Gasteiger partial charge in [-0.25, -0.2) is 0 Å². The van der Waals surface area contributed by atoms with E-state index < -0.39 is 0 Å². The van der Waals surface area contributed by atoms with Crippen molar-refractivity contribution in [2.24, 2.45) is 7.05 Å². The molecule has 0 aromatic carbocycles. The Morgan fingerprint density at radius 3 is 2.56 bits per heavy atom. The predicted molar refractivity (Wildman–Crippen MR) is 61.5 cm³/mol. The van der Waals surface area contributed by atoms with Gasteiger partial charge in [0.1, 0.15) is 11.7 Å². The van der Waals surface area contributed by atoms with E-state index in [1.807, 2.05) is 13.2 Å². The van der Waals surface area contributed by atoms with Crippen LogP contribution in [0, 0.1) is 0 Å². The Morgan fingerprint density at radius 1 is 1.44 bits per heavy atom. The molecule has 1 aliphatic heterocycles. The van der Waals surface area contributed by atoms with Crippen LogP contribution in [0.1, 0.15) is 34.1 Å². The van der Waals surface area contributed by atoms with Crippen LogP contribution in [0.3, 0.4) is 0 Å². The predicted octanol–water partition coefficient (Wildman–Crippen LogP) is 2.14. The van der Waals surface area contributed by atoms with Crippen molar-refractivity contribution < 1.29 is 9.47 Å². The molecule has 0 amide bonds. The molecule has 4 heteroatoms. The van der Waals surface area contributed by atoms with E-state index in [4.69, 9.17) is 9.47 Å². The molecule has 0 radical (unpaired) electrons. The van der Waals surface area contributed by atoms with Gasteiger partial charge in [0, 0.05) is 13.5 Å². The molecule has 16 heavy (non-hydrogen) atoms. The van der Waals surface area contributed by atoms with Crippen LogP contribution >= 0.6 is 0 Å². The number of aromatic nitrogens is 2. The Hall–Kier alpha value is -1.03. The number of rotatable bonds is 2. The van der Waals surface area contributed by atoms with E-state index in [0.717, 1.165) is 12.2 Å². The van der Waals surface area contributed by atoms with Gasteiger partial charge in [-0.3, -0.25) is 4.68 Å². The Balaban J connectivity index is 2.10. The summed E-state index contributed by atoms with van der Waals surface area (Å²) in [5.41, 5.74) is -0.365. The van der Waals surface area contributed by atoms with Crippen molar-refractivity contribution in [1.29, 1.82) is 0 Å². The molecule has 4 nitrogen and oxygen atoms in total. The smallest absolute Gasteiger partial charge is 0.157 e. The monoisotopic (exact) mass is 224 g/mol. The molecule has 1 aliphatic rings. The van der Waals surface area contributed by atoms with Crippen LogP contribution in [0.25, 0.3) is 0 Å². The highest BCUT2D eigenvalue weighted by Crippen LogP contribution is 2.39. The lowest BCUT2D eigenvalue weighted by molar-refractivity contribution is -0.0846. The molecule has 2 rings (SSSR count). The lowest BCUT2D eigenvalue weighted by Gasteiger charge is -2.26. The maximum atomic E-state index is 5.98. The number of hydrogen-bond donors (Lipinski definition) is 0. The first kappa shape index (κ1) is 11.5. The normalized spacial score (nSPS) is 26.9. The first-order chi connectivity index (χ1) is 7.28. The summed E-state index contributed by atoms with van der Waals surface area (Å²) in [6, 6.07) is 0. The van der Waals surface area contributed by atoms with Crippen molar-refractivity contribution in [1.82, 2.24) is 9.78 Å². The van der Waals surface area contributed by atoms with Gasteiger partial charge in [0.05, 0.1) is 18.0 Å². The van der Waals surface area contributed by atoms with Crippen molar-refractivity contribution in [2.75, 3.05) is 0 Å². The topological polar surface area (TPSA) is 36.3 Å². The number of ether oxygens (including phenoxy) is 2. The Kier molecular flexibility index (Phi) is 2.49. The molecule has 0 N–H and O–H groups in total. The number of nitrogens with zero attached hydrogens (tertiary/aromatic N) is 2. The molecule has 1 fully saturated rings. The van der Waals surface area contributed by atoms with Crippen LogP contribution in [0.2, 0.25) is 0 Å². The first-order valence-electron chi connectivity index (χ1n) is 5.64. The quantitative estimate of drug-likeness (QED) is 0.772. The lowest BCUT2D eigenvalue weighted by Crippen LogP contribution is -2.36. The van der Waals surface area contributed by atoms with Gasteiger partial charge in [-0.2, -0.15) is 5.10 Å². The van der Waals surface area contributed by atoms with Gasteiger partial charge in [-0.05, 0) is 27.7 Å². The molecule has 2 heterocycles. The van der Waals surface area contributed by atoms with Crippen LogP contribution < -0.4 is 4.74 Å². The molecular formula is C12H20N2O2. The molecule has 1 aromatic rings. The van der Waals surface area contributed by atoms with Gasteiger partial charge in [0.15, 0.2) is 5.75 Å². The molecule has 1 aromatic heterocycles. The van der Waals surface area contributed by atoms with E-state index >= 15 is 0 Å². The van der Waals surface area contributed by atoms with Crippen molar-refractivity contribution in [2.45, 2.75) is 51.4 Å². The summed E-state index contributed by atoms with van der Waals surface area (Å²) >= 11 is 0. The zero-order valence-electron chi connectivity index (χ0n) is 10.7. The van der Waals surface area contributed by atoms with Crippen molar-refractivity contribution in [3.63, 3.8) is 0 Å². The average molecular weight is 224 g/mol. The van der Waals surface area contributed by atoms with Crippen LogP contribution in [0.5, 0.6) is 5.75 Å². The molecule has 0 spiro atoms. The van der Waals surface area contributed by atoms with Gasteiger partial charge in [-0.1, -0.05) is 0 Å². The zero-order valence-corrected chi connectivity index (χ0v) is 10.7. The maximum absolute atomic E-state index is 5.98. The summed E-state index contributed by atoms with van der Waals surface area (Å²) in [7, 11) is 1.88. The minimum absolute atomic E-state index is 0.0756. The Labute approximate surface area is 96.5 Å². The first-order valence-corrected chi connectivity index (χ1v) is 5.64. The van der Waals surface area contributed by atoms with Gasteiger partial charge in [0.25, 0.3) is 0 Å². The van der Waals surface area contributed by atoms with Gasteiger partial charge in [-0.15, -0.1) is 0 Å². The van der Waals surface area contributed by atoms with E-state index in [9.17, 15) is 0 Å². The number of aryl methyl sites for hydroxylation is 1. The van der Waals surface area contributed by atoms with Gasteiger partial charge < -0.3 is 9.47 Å². The summed E-state index contributed by atoms with van der Waals surface area (Å²) in [4.78, 5) is 0. The van der Waals surface area contributed by atoms with Crippen LogP contribution in [0.15, 0.2) is 12.4 Å². The zero-order chi connectivity index (χ0) is 12.0. The van der Waals surface area contributed by atoms with E-state index in [2.05, 4.69) is 32.8 Å². The average Bonchev–Trinajstić information content (AvgIpc) is 2.55. The fourth-order valence-corrected chi connectivity index (χ4v) is 2.32. The summed E-state index contributed by atoms with van der Waals surface area (Å²) in [5.74, 6) is 0.807. The van der Waals surface area contributed by atoms with E-state index in [-0.39, 0.29) is 17.3 Å². The van der Waals surface area contributed by atoms with Crippen LogP contribution in [-0.4, -0.2) is 27.1 Å². The van der Waals surface area contributed by atoms with Gasteiger partial charge >= 0.3 is 0 Å². The fraction of sp³-hybridized carbons (Fsp3) is 0.750. The second-order valence-corrected chi connectivity index (χ2v) is 5.63. The molecule has 1 unspecified atom stereocenters. The van der Waals surface area contributed by atoms with Crippen molar-refractivity contribution in [3.05, 3.63) is 12.4 Å². The van der Waals surface area contributed by atoms with E-state index in [1.165, 1.54) is 0 Å². The highest BCUT2D eigenvalue weighted by molar-refractivity contribution is 5.13. The van der Waals surface area contributed by atoms with Crippen molar-refractivity contribution >= 4 is 0 Å². The number of hydrogen-bond acceptors (Lipinski definition) is 3. The molecule has 0 saturated carbocycles. The Morgan fingerprint density at radius 2 is 2.12 bits per heavy atom. The molecule has 0 bridgehead atoms. The summed E-state index contributed by atoms with van der Waals surface area (Å²) in [5, 5.41) is 4.09. The molecule has 90 valence electrons. The molecule has 1 saturated heterocycles. The van der Waals surface area contributed by atoms with E-state index in [1.54, 1.807) is 10.9 Å². The molecule has 0 aliphatic carbocycles. The third kappa shape index (κ3) is 2.21. The summed E-state index contributed by atoms with van der Waals surface area (Å²) < 4.78 is 13.7. The summed E-state index contributed by atoms with van der Waals surface area (Å²) in [6.07, 6.45) is 4.59. The highest BCUT2D eigenvalue weighted by atomic mass is 16.6. The third-order valence-electron chi connectivity index (χ3n) is 2.95. The lowest BCUT2D eigenvalue weighted by atomic mass is 9.97. The second-order valence-electron chi connectivity index (χ2n) is 5.63. The second kappa shape index (κ2) is 3.48. The van der Waals surface area contributed by atoms with Crippen LogP contribution in [0.4, 0.5) is 0 Å². The van der Waals surface area contributed by atoms with Crippen molar-refractivity contribution in [3.8, 4) is 5.75 Å². The SMILES string of the molecule is Cn1cc(OC2CC(C)(C)OC2(C)C)cn1.